The third-order valence-corrected chi connectivity index (χ3v) is 4.33. The molecule has 2 heterocycles. The van der Waals surface area contributed by atoms with Gasteiger partial charge in [-0.15, -0.1) is 0 Å². The molecule has 1 aliphatic rings. The molecule has 1 fully saturated rings. The average Bonchev–Trinajstić information content (AvgIpc) is 2.56. The van der Waals surface area contributed by atoms with E-state index in [1.807, 2.05) is 0 Å². The molecule has 3 N–H and O–H groups in total. The van der Waals surface area contributed by atoms with Gasteiger partial charge in [0, 0.05) is 18.7 Å². The molecule has 1 unspecified atom stereocenters. The van der Waals surface area contributed by atoms with E-state index in [-0.39, 0.29) is 0 Å². The Morgan fingerprint density at radius 2 is 2.09 bits per heavy atom. The molecule has 0 saturated carbocycles. The zero-order chi connectivity index (χ0) is 15.9. The third-order valence-electron chi connectivity index (χ3n) is 4.33. The highest BCUT2D eigenvalue weighted by Crippen LogP contribution is 2.16. The lowest BCUT2D eigenvalue weighted by Gasteiger charge is -2.33. The van der Waals surface area contributed by atoms with Crippen LogP contribution in [0.15, 0.2) is 42.7 Å². The predicted molar refractivity (Wildman–Crippen MR) is 94.3 cm³/mol. The second kappa shape index (κ2) is 7.92. The van der Waals surface area contributed by atoms with Gasteiger partial charge in [-0.3, -0.25) is 0 Å². The number of nitrogen functional groups attached to an aromatic ring is 1. The van der Waals surface area contributed by atoms with Crippen molar-refractivity contribution in [3.8, 4) is 0 Å². The van der Waals surface area contributed by atoms with Gasteiger partial charge in [0.25, 0.3) is 0 Å². The summed E-state index contributed by atoms with van der Waals surface area (Å²) in [5, 5.41) is 3.49. The Morgan fingerprint density at radius 3 is 2.91 bits per heavy atom. The number of anilines is 2. The Hall–Kier alpha value is -2.14. The van der Waals surface area contributed by atoms with Crippen molar-refractivity contribution < 1.29 is 0 Å². The van der Waals surface area contributed by atoms with Gasteiger partial charge in [0.05, 0.1) is 0 Å². The quantitative estimate of drug-likeness (QED) is 0.858. The number of aryl methyl sites for hydroxylation is 1. The molecule has 0 amide bonds. The molecule has 1 saturated heterocycles. The summed E-state index contributed by atoms with van der Waals surface area (Å²) in [7, 11) is 0. The predicted octanol–water partition coefficient (Wildman–Crippen LogP) is 2.57. The van der Waals surface area contributed by atoms with Gasteiger partial charge in [-0.1, -0.05) is 30.3 Å². The van der Waals surface area contributed by atoms with Crippen molar-refractivity contribution in [2.24, 2.45) is 0 Å². The molecule has 3 rings (SSSR count). The number of hydrogen-bond acceptors (Lipinski definition) is 5. The largest absolute Gasteiger partial charge is 0.384 e. The zero-order valence-electron chi connectivity index (χ0n) is 13.5. The maximum atomic E-state index is 5.71. The average molecular weight is 311 g/mol. The highest BCUT2D eigenvalue weighted by Gasteiger charge is 2.19. The maximum absolute atomic E-state index is 5.71. The molecule has 0 aliphatic carbocycles. The third kappa shape index (κ3) is 4.93. The summed E-state index contributed by atoms with van der Waals surface area (Å²) in [4.78, 5) is 10.7. The molecule has 1 aromatic heterocycles. The molecule has 0 spiro atoms. The SMILES string of the molecule is Nc1cc(NC2CCCN(CCCc3ccccc3)C2)ncn1. The number of aromatic nitrogens is 2. The molecule has 23 heavy (non-hydrogen) atoms. The molecular formula is C18H25N5. The fraction of sp³-hybridized carbons (Fsp3) is 0.444. The van der Waals surface area contributed by atoms with Crippen LogP contribution in [0, 0.1) is 0 Å². The van der Waals surface area contributed by atoms with Crippen molar-refractivity contribution in [1.29, 1.82) is 0 Å². The summed E-state index contributed by atoms with van der Waals surface area (Å²) in [6.45, 7) is 3.41. The van der Waals surface area contributed by atoms with Crippen LogP contribution in [0.5, 0.6) is 0 Å². The second-order valence-electron chi connectivity index (χ2n) is 6.20. The smallest absolute Gasteiger partial charge is 0.131 e. The molecular weight excluding hydrogens is 286 g/mol. The molecule has 1 aromatic carbocycles. The van der Waals surface area contributed by atoms with Gasteiger partial charge in [0.1, 0.15) is 18.0 Å². The van der Waals surface area contributed by atoms with E-state index >= 15 is 0 Å². The van der Waals surface area contributed by atoms with Crippen LogP contribution < -0.4 is 11.1 Å². The Kier molecular flexibility index (Phi) is 5.42. The van der Waals surface area contributed by atoms with Crippen molar-refractivity contribution in [3.05, 3.63) is 48.3 Å². The molecule has 122 valence electrons. The Labute approximate surface area is 137 Å². The molecule has 5 nitrogen and oxygen atoms in total. The van der Waals surface area contributed by atoms with Crippen LogP contribution in [-0.4, -0.2) is 40.5 Å². The topological polar surface area (TPSA) is 67.1 Å². The van der Waals surface area contributed by atoms with E-state index in [4.69, 9.17) is 5.73 Å². The van der Waals surface area contributed by atoms with E-state index in [9.17, 15) is 0 Å². The van der Waals surface area contributed by atoms with Crippen LogP contribution >= 0.6 is 0 Å². The van der Waals surface area contributed by atoms with Gasteiger partial charge in [-0.05, 0) is 44.3 Å². The summed E-state index contributed by atoms with van der Waals surface area (Å²) in [6.07, 6.45) is 6.27. The minimum Gasteiger partial charge on any atom is -0.384 e. The first kappa shape index (κ1) is 15.7. The van der Waals surface area contributed by atoms with Gasteiger partial charge >= 0.3 is 0 Å². The van der Waals surface area contributed by atoms with Crippen LogP contribution in [0.1, 0.15) is 24.8 Å². The summed E-state index contributed by atoms with van der Waals surface area (Å²) in [5.41, 5.74) is 7.14. The number of hydrogen-bond donors (Lipinski definition) is 2. The zero-order valence-corrected chi connectivity index (χ0v) is 13.5. The monoisotopic (exact) mass is 311 g/mol. The number of nitrogens with one attached hydrogen (secondary N) is 1. The maximum Gasteiger partial charge on any atom is 0.131 e. The summed E-state index contributed by atoms with van der Waals surface area (Å²) in [5.74, 6) is 1.34. The molecule has 0 radical (unpaired) electrons. The van der Waals surface area contributed by atoms with Crippen LogP contribution in [-0.2, 0) is 6.42 Å². The minimum absolute atomic E-state index is 0.440. The summed E-state index contributed by atoms with van der Waals surface area (Å²) >= 11 is 0. The molecule has 0 bridgehead atoms. The van der Waals surface area contributed by atoms with Crippen molar-refractivity contribution in [3.63, 3.8) is 0 Å². The number of rotatable bonds is 6. The van der Waals surface area contributed by atoms with Crippen LogP contribution in [0.3, 0.4) is 0 Å². The fourth-order valence-electron chi connectivity index (χ4n) is 3.19. The van der Waals surface area contributed by atoms with Gasteiger partial charge < -0.3 is 16.0 Å². The number of benzene rings is 1. The van der Waals surface area contributed by atoms with Gasteiger partial charge in [0.15, 0.2) is 0 Å². The first-order valence-electron chi connectivity index (χ1n) is 8.40. The highest BCUT2D eigenvalue weighted by atomic mass is 15.2. The molecule has 2 aromatic rings. The van der Waals surface area contributed by atoms with E-state index in [1.54, 1.807) is 6.07 Å². The lowest BCUT2D eigenvalue weighted by Crippen LogP contribution is -2.42. The number of nitrogens with two attached hydrogens (primary N) is 1. The van der Waals surface area contributed by atoms with Gasteiger partial charge in [-0.25, -0.2) is 9.97 Å². The van der Waals surface area contributed by atoms with Crippen LogP contribution in [0.25, 0.3) is 0 Å². The number of piperidine rings is 1. The minimum atomic E-state index is 0.440. The van der Waals surface area contributed by atoms with Gasteiger partial charge in [0.2, 0.25) is 0 Å². The highest BCUT2D eigenvalue weighted by molar-refractivity contribution is 5.44. The Morgan fingerprint density at radius 1 is 1.22 bits per heavy atom. The van der Waals surface area contributed by atoms with E-state index in [0.29, 0.717) is 11.9 Å². The molecule has 1 atom stereocenters. The Bertz CT molecular complexity index is 601. The lowest BCUT2D eigenvalue weighted by molar-refractivity contribution is 0.214. The van der Waals surface area contributed by atoms with Crippen molar-refractivity contribution in [2.75, 3.05) is 30.7 Å². The van der Waals surface area contributed by atoms with E-state index < -0.39 is 0 Å². The van der Waals surface area contributed by atoms with Crippen LogP contribution in [0.2, 0.25) is 0 Å². The first-order chi connectivity index (χ1) is 11.3. The number of likely N-dealkylation sites (tertiary alicyclic amines) is 1. The van der Waals surface area contributed by atoms with E-state index in [1.165, 1.54) is 37.7 Å². The normalized spacial score (nSPS) is 18.7. The van der Waals surface area contributed by atoms with Crippen molar-refractivity contribution in [1.82, 2.24) is 14.9 Å². The summed E-state index contributed by atoms with van der Waals surface area (Å²) < 4.78 is 0. The number of nitrogens with zero attached hydrogens (tertiary/aromatic N) is 3. The Balaban J connectivity index is 1.44. The first-order valence-corrected chi connectivity index (χ1v) is 8.40. The molecule has 5 heteroatoms. The van der Waals surface area contributed by atoms with Crippen LogP contribution in [0.4, 0.5) is 11.6 Å². The van der Waals surface area contributed by atoms with Gasteiger partial charge in [-0.2, -0.15) is 0 Å². The lowest BCUT2D eigenvalue weighted by atomic mass is 10.0. The van der Waals surface area contributed by atoms with Crippen molar-refractivity contribution >= 4 is 11.6 Å². The van der Waals surface area contributed by atoms with E-state index in [2.05, 4.69) is 50.5 Å². The van der Waals surface area contributed by atoms with E-state index in [0.717, 1.165) is 25.3 Å². The fourth-order valence-corrected chi connectivity index (χ4v) is 3.19. The standard InChI is InChI=1S/C18H25N5/c19-17-12-18(21-14-20-17)22-16-9-5-11-23(13-16)10-4-8-15-6-2-1-3-7-15/h1-3,6-7,12,14,16H,4-5,8-11,13H2,(H3,19,20,21,22). The van der Waals surface area contributed by atoms with Crippen molar-refractivity contribution in [2.45, 2.75) is 31.7 Å². The molecule has 1 aliphatic heterocycles. The second-order valence-corrected chi connectivity index (χ2v) is 6.20. The summed E-state index contributed by atoms with van der Waals surface area (Å²) in [6, 6.07) is 13.0.